The monoisotopic (exact) mass is 387 g/mol. The summed E-state index contributed by atoms with van der Waals surface area (Å²) in [5, 5.41) is 0. The number of nitrogens with zero attached hydrogens (tertiary/aromatic N) is 3. The van der Waals surface area contributed by atoms with E-state index in [-0.39, 0.29) is 42.3 Å². The highest BCUT2D eigenvalue weighted by Crippen LogP contribution is 2.30. The number of hydrogen-bond acceptors (Lipinski definition) is 4. The molecule has 4 amide bonds. The molecule has 0 spiro atoms. The number of carbonyl (C=O) groups excluding carboxylic acids is 3. The second-order valence-electron chi connectivity index (χ2n) is 8.81. The molecule has 7 nitrogen and oxygen atoms in total. The molecule has 2 aliphatic heterocycles. The Morgan fingerprint density at radius 1 is 1.18 bits per heavy atom. The number of imide groups is 1. The summed E-state index contributed by atoms with van der Waals surface area (Å²) in [6, 6.07) is 8.30. The van der Waals surface area contributed by atoms with E-state index in [0.29, 0.717) is 25.4 Å². The maximum atomic E-state index is 12.9. The number of ether oxygens (including phenoxy) is 1. The lowest BCUT2D eigenvalue weighted by molar-refractivity contribution is -0.135. The molecular weight excluding hydrogens is 358 g/mol. The molecule has 1 aromatic carbocycles. The van der Waals surface area contributed by atoms with Crippen molar-refractivity contribution in [3.05, 3.63) is 30.3 Å². The quantitative estimate of drug-likeness (QED) is 0.727. The summed E-state index contributed by atoms with van der Waals surface area (Å²) in [7, 11) is 0. The maximum Gasteiger partial charge on any atom is 0.327 e. The lowest BCUT2D eigenvalue weighted by atomic mass is 9.92. The number of para-hydroxylation sites is 1. The Morgan fingerprint density at radius 3 is 2.50 bits per heavy atom. The second kappa shape index (κ2) is 7.81. The van der Waals surface area contributed by atoms with E-state index in [9.17, 15) is 14.4 Å². The molecule has 7 heteroatoms. The molecule has 1 atom stereocenters. The number of benzene rings is 1. The third-order valence-corrected chi connectivity index (χ3v) is 5.02. The first kappa shape index (κ1) is 20.2. The molecule has 0 saturated carbocycles. The minimum atomic E-state index is -0.617. The zero-order valence-electron chi connectivity index (χ0n) is 17.1. The molecular formula is C21H29N3O4. The third-order valence-electron chi connectivity index (χ3n) is 5.02. The van der Waals surface area contributed by atoms with E-state index in [1.54, 1.807) is 21.9 Å². The Balaban J connectivity index is 1.74. The highest BCUT2D eigenvalue weighted by Gasteiger charge is 2.50. The van der Waals surface area contributed by atoms with Gasteiger partial charge < -0.3 is 14.5 Å². The molecule has 2 saturated heterocycles. The van der Waals surface area contributed by atoms with Crippen LogP contribution >= 0.6 is 0 Å². The topological polar surface area (TPSA) is 70.2 Å². The lowest BCUT2D eigenvalue weighted by Crippen LogP contribution is -2.45. The van der Waals surface area contributed by atoms with Gasteiger partial charge in [0.2, 0.25) is 0 Å². The van der Waals surface area contributed by atoms with Gasteiger partial charge in [-0.3, -0.25) is 14.5 Å². The summed E-state index contributed by atoms with van der Waals surface area (Å²) < 4.78 is 5.60. The van der Waals surface area contributed by atoms with Crippen molar-refractivity contribution in [1.82, 2.24) is 14.7 Å². The van der Waals surface area contributed by atoms with E-state index in [1.165, 1.54) is 4.90 Å². The number of amides is 4. The molecule has 0 bridgehead atoms. The summed E-state index contributed by atoms with van der Waals surface area (Å²) in [5.74, 6) is 0.433. The van der Waals surface area contributed by atoms with Crippen LogP contribution < -0.4 is 4.74 Å². The van der Waals surface area contributed by atoms with E-state index in [0.717, 1.165) is 0 Å². The van der Waals surface area contributed by atoms with Crippen LogP contribution in [0.2, 0.25) is 0 Å². The molecule has 0 radical (unpaired) electrons. The summed E-state index contributed by atoms with van der Waals surface area (Å²) in [4.78, 5) is 43.2. The van der Waals surface area contributed by atoms with Gasteiger partial charge in [-0.1, -0.05) is 45.9 Å². The van der Waals surface area contributed by atoms with Crippen LogP contribution in [0, 0.1) is 11.3 Å². The first-order valence-corrected chi connectivity index (χ1v) is 9.75. The largest absolute Gasteiger partial charge is 0.484 e. The van der Waals surface area contributed by atoms with Crippen LogP contribution in [0.1, 0.15) is 27.7 Å². The van der Waals surface area contributed by atoms with Gasteiger partial charge in [0.25, 0.3) is 11.8 Å². The van der Waals surface area contributed by atoms with E-state index in [1.807, 2.05) is 45.9 Å². The fourth-order valence-electron chi connectivity index (χ4n) is 3.83. The van der Waals surface area contributed by atoms with Gasteiger partial charge in [-0.15, -0.1) is 0 Å². The SMILES string of the molecule is CC(C)CN1C(=O)C2CN(C(=O)COc3ccccc3)CC(C)(C)CN2C1=O. The molecule has 2 heterocycles. The number of hydrogen-bond donors (Lipinski definition) is 0. The third kappa shape index (κ3) is 4.29. The minimum Gasteiger partial charge on any atom is -0.484 e. The summed E-state index contributed by atoms with van der Waals surface area (Å²) in [5.41, 5.74) is -0.319. The van der Waals surface area contributed by atoms with Crippen molar-refractivity contribution in [2.45, 2.75) is 33.7 Å². The van der Waals surface area contributed by atoms with Crippen LogP contribution in [0.3, 0.4) is 0 Å². The number of rotatable bonds is 5. The first-order chi connectivity index (χ1) is 13.2. The number of fused-ring (bicyclic) bond motifs is 1. The van der Waals surface area contributed by atoms with Gasteiger partial charge in [0, 0.05) is 25.0 Å². The smallest absolute Gasteiger partial charge is 0.327 e. The predicted octanol–water partition coefficient (Wildman–Crippen LogP) is 2.22. The van der Waals surface area contributed by atoms with Gasteiger partial charge in [0.1, 0.15) is 11.8 Å². The fourth-order valence-corrected chi connectivity index (χ4v) is 3.83. The average Bonchev–Trinajstić information content (AvgIpc) is 2.78. The zero-order valence-corrected chi connectivity index (χ0v) is 17.1. The van der Waals surface area contributed by atoms with Gasteiger partial charge in [0.15, 0.2) is 6.61 Å². The van der Waals surface area contributed by atoms with Gasteiger partial charge in [0.05, 0.1) is 6.54 Å². The van der Waals surface area contributed by atoms with Crippen LogP contribution in [-0.4, -0.2) is 71.4 Å². The number of carbonyl (C=O) groups is 3. The fraction of sp³-hybridized carbons (Fsp3) is 0.571. The van der Waals surface area contributed by atoms with Crippen LogP contribution in [0.5, 0.6) is 5.75 Å². The van der Waals surface area contributed by atoms with Crippen LogP contribution in [0.25, 0.3) is 0 Å². The van der Waals surface area contributed by atoms with E-state index in [4.69, 9.17) is 4.74 Å². The standard InChI is InChI=1S/C21H29N3O4/c1-15(2)10-23-19(26)17-11-22(13-21(3,4)14-24(17)20(23)27)18(25)12-28-16-8-6-5-7-9-16/h5-9,15,17H,10-14H2,1-4H3. The molecule has 1 aromatic rings. The van der Waals surface area contributed by atoms with E-state index < -0.39 is 6.04 Å². The molecule has 1 unspecified atom stereocenters. The molecule has 0 aromatic heterocycles. The first-order valence-electron chi connectivity index (χ1n) is 9.75. The molecule has 3 rings (SSSR count). The second-order valence-corrected chi connectivity index (χ2v) is 8.81. The van der Waals surface area contributed by atoms with E-state index in [2.05, 4.69) is 0 Å². The van der Waals surface area contributed by atoms with Gasteiger partial charge >= 0.3 is 6.03 Å². The van der Waals surface area contributed by atoms with Crippen LogP contribution in [0.4, 0.5) is 4.79 Å². The Kier molecular flexibility index (Phi) is 5.63. The van der Waals surface area contributed by atoms with Crippen molar-refractivity contribution in [3.8, 4) is 5.75 Å². The highest BCUT2D eigenvalue weighted by molar-refractivity contribution is 6.04. The Morgan fingerprint density at radius 2 is 1.86 bits per heavy atom. The van der Waals surface area contributed by atoms with Crippen LogP contribution in [0.15, 0.2) is 30.3 Å². The number of urea groups is 1. The summed E-state index contributed by atoms with van der Waals surface area (Å²) >= 11 is 0. The Labute approximate surface area is 166 Å². The van der Waals surface area contributed by atoms with Crippen molar-refractivity contribution in [2.24, 2.45) is 11.3 Å². The van der Waals surface area contributed by atoms with Crippen molar-refractivity contribution in [1.29, 1.82) is 0 Å². The Hall–Kier alpha value is -2.57. The molecule has 152 valence electrons. The zero-order chi connectivity index (χ0) is 20.5. The normalized spacial score (nSPS) is 21.8. The molecule has 0 aliphatic carbocycles. The van der Waals surface area contributed by atoms with Crippen molar-refractivity contribution >= 4 is 17.8 Å². The highest BCUT2D eigenvalue weighted by atomic mass is 16.5. The van der Waals surface area contributed by atoms with Crippen molar-refractivity contribution in [2.75, 3.05) is 32.8 Å². The molecule has 2 fully saturated rings. The summed E-state index contributed by atoms with van der Waals surface area (Å²) in [6.07, 6.45) is 0. The van der Waals surface area contributed by atoms with Gasteiger partial charge in [-0.05, 0) is 18.1 Å². The summed E-state index contributed by atoms with van der Waals surface area (Å²) in [6.45, 7) is 9.41. The van der Waals surface area contributed by atoms with Crippen molar-refractivity contribution in [3.63, 3.8) is 0 Å². The Bertz CT molecular complexity index is 747. The average molecular weight is 387 g/mol. The molecule has 28 heavy (non-hydrogen) atoms. The van der Waals surface area contributed by atoms with Crippen molar-refractivity contribution < 1.29 is 19.1 Å². The van der Waals surface area contributed by atoms with E-state index >= 15 is 0 Å². The molecule has 0 N–H and O–H groups in total. The predicted molar refractivity (Wildman–Crippen MR) is 105 cm³/mol. The van der Waals surface area contributed by atoms with Gasteiger partial charge in [-0.25, -0.2) is 4.79 Å². The van der Waals surface area contributed by atoms with Gasteiger partial charge in [-0.2, -0.15) is 0 Å². The van der Waals surface area contributed by atoms with Crippen LogP contribution in [-0.2, 0) is 9.59 Å². The lowest BCUT2D eigenvalue weighted by Gasteiger charge is -2.30. The maximum absolute atomic E-state index is 12.9. The minimum absolute atomic E-state index is 0.0926. The molecule has 2 aliphatic rings.